The summed E-state index contributed by atoms with van der Waals surface area (Å²) in [5, 5.41) is 10.9. The molecule has 0 bridgehead atoms. The molecule has 1 heterocycles. The molecule has 1 aromatic carbocycles. The van der Waals surface area contributed by atoms with Crippen molar-refractivity contribution in [2.45, 2.75) is 12.6 Å². The van der Waals surface area contributed by atoms with Gasteiger partial charge in [0.05, 0.1) is 4.92 Å². The predicted molar refractivity (Wildman–Crippen MR) is 79.1 cm³/mol. The molecule has 126 valence electrons. The van der Waals surface area contributed by atoms with Crippen molar-refractivity contribution in [3.63, 3.8) is 0 Å². The number of nitrogens with two attached hydrogens (primary N) is 1. The van der Waals surface area contributed by atoms with E-state index in [4.69, 9.17) is 10.5 Å². The van der Waals surface area contributed by atoms with E-state index in [0.717, 1.165) is 12.1 Å². The molecular weight excluding hydrogens is 315 g/mol. The molecule has 1 aromatic rings. The highest BCUT2D eigenvalue weighted by molar-refractivity contribution is 5.81. The van der Waals surface area contributed by atoms with Gasteiger partial charge in [0, 0.05) is 24.7 Å². The van der Waals surface area contributed by atoms with Gasteiger partial charge in [0.1, 0.15) is 0 Å². The van der Waals surface area contributed by atoms with Crippen molar-refractivity contribution in [3.05, 3.63) is 33.9 Å². The first-order valence-electron chi connectivity index (χ1n) is 6.83. The Bertz CT molecular complexity index is 644. The highest BCUT2D eigenvalue weighted by atomic mass is 19.4. The summed E-state index contributed by atoms with van der Waals surface area (Å²) < 4.78 is 42.1. The maximum atomic E-state index is 12.4. The molecule has 0 radical (unpaired) electrons. The van der Waals surface area contributed by atoms with E-state index in [1.165, 1.54) is 12.1 Å². The van der Waals surface area contributed by atoms with Gasteiger partial charge in [-0.2, -0.15) is 13.2 Å². The topological polar surface area (TPSA) is 81.6 Å². The Labute approximate surface area is 130 Å². The third-order valence-electron chi connectivity index (χ3n) is 3.51. The first-order chi connectivity index (χ1) is 10.7. The molecule has 0 aromatic heterocycles. The Morgan fingerprint density at radius 3 is 2.65 bits per heavy atom. The lowest BCUT2D eigenvalue weighted by Gasteiger charge is -2.24. The normalized spacial score (nSPS) is 16.1. The molecule has 1 aliphatic heterocycles. The molecule has 23 heavy (non-hydrogen) atoms. The van der Waals surface area contributed by atoms with Crippen LogP contribution in [0, 0.1) is 10.1 Å². The average Bonchev–Trinajstić information content (AvgIpc) is 2.45. The molecular formula is C14H16F3N3O3. The van der Waals surface area contributed by atoms with Gasteiger partial charge in [0.25, 0.3) is 5.69 Å². The van der Waals surface area contributed by atoms with Gasteiger partial charge in [-0.15, -0.1) is 0 Å². The van der Waals surface area contributed by atoms with Gasteiger partial charge in [-0.1, -0.05) is 6.08 Å². The first-order valence-corrected chi connectivity index (χ1v) is 6.83. The van der Waals surface area contributed by atoms with E-state index in [1.54, 1.807) is 0 Å². The molecule has 0 atom stereocenters. The zero-order chi connectivity index (χ0) is 17.2. The van der Waals surface area contributed by atoms with E-state index in [2.05, 4.69) is 0 Å². The van der Waals surface area contributed by atoms with E-state index < -0.39 is 29.1 Å². The number of nitrogen functional groups attached to an aromatic ring is 1. The molecule has 1 aliphatic rings. The number of benzene rings is 1. The van der Waals surface area contributed by atoms with Gasteiger partial charge in [0.15, 0.2) is 18.0 Å². The summed E-state index contributed by atoms with van der Waals surface area (Å²) in [6.45, 7) is -0.203. The summed E-state index contributed by atoms with van der Waals surface area (Å²) in [6, 6.07) is 2.57. The van der Waals surface area contributed by atoms with E-state index in [9.17, 15) is 23.3 Å². The van der Waals surface area contributed by atoms with Crippen LogP contribution in [0.2, 0.25) is 0 Å². The largest absolute Gasteiger partial charge is 0.481 e. The quantitative estimate of drug-likeness (QED) is 0.521. The van der Waals surface area contributed by atoms with Crippen molar-refractivity contribution in [2.75, 3.05) is 32.5 Å². The van der Waals surface area contributed by atoms with Gasteiger partial charge >= 0.3 is 6.18 Å². The van der Waals surface area contributed by atoms with Crippen LogP contribution in [0.4, 0.5) is 24.5 Å². The first kappa shape index (κ1) is 17.1. The van der Waals surface area contributed by atoms with Crippen LogP contribution in [0.25, 0.3) is 5.57 Å². The number of ether oxygens (including phenoxy) is 1. The van der Waals surface area contributed by atoms with Gasteiger partial charge in [0.2, 0.25) is 0 Å². The molecule has 2 rings (SSSR count). The number of likely N-dealkylation sites (N-methyl/N-ethyl adjacent to an activating group) is 1. The highest BCUT2D eigenvalue weighted by Gasteiger charge is 2.31. The second-order valence-electron chi connectivity index (χ2n) is 5.28. The van der Waals surface area contributed by atoms with Gasteiger partial charge in [-0.05, 0) is 25.1 Å². The monoisotopic (exact) mass is 331 g/mol. The molecule has 6 nitrogen and oxygen atoms in total. The number of hydrogen-bond acceptors (Lipinski definition) is 5. The zero-order valence-corrected chi connectivity index (χ0v) is 12.4. The Morgan fingerprint density at radius 2 is 2.13 bits per heavy atom. The van der Waals surface area contributed by atoms with Crippen LogP contribution in [0.1, 0.15) is 12.0 Å². The summed E-state index contributed by atoms with van der Waals surface area (Å²) in [5.74, 6) is -0.285. The molecule has 9 heteroatoms. The molecule has 0 aliphatic carbocycles. The van der Waals surface area contributed by atoms with Crippen molar-refractivity contribution in [2.24, 2.45) is 0 Å². The summed E-state index contributed by atoms with van der Waals surface area (Å²) in [4.78, 5) is 12.2. The van der Waals surface area contributed by atoms with Crippen molar-refractivity contribution in [3.8, 4) is 5.75 Å². The number of alkyl halides is 3. The Hall–Kier alpha value is -2.29. The van der Waals surface area contributed by atoms with Crippen molar-refractivity contribution in [1.29, 1.82) is 0 Å². The van der Waals surface area contributed by atoms with Crippen LogP contribution in [-0.4, -0.2) is 42.7 Å². The summed E-state index contributed by atoms with van der Waals surface area (Å²) in [7, 11) is 1.92. The van der Waals surface area contributed by atoms with Crippen molar-refractivity contribution in [1.82, 2.24) is 4.90 Å². The summed E-state index contributed by atoms with van der Waals surface area (Å²) in [6.07, 6.45) is -2.11. The molecule has 0 spiro atoms. The van der Waals surface area contributed by atoms with Crippen LogP contribution in [0.5, 0.6) is 5.75 Å². The lowest BCUT2D eigenvalue weighted by atomic mass is 9.97. The molecule has 0 amide bonds. The average molecular weight is 331 g/mol. The van der Waals surface area contributed by atoms with Crippen molar-refractivity contribution < 1.29 is 22.8 Å². The minimum absolute atomic E-state index is 0.285. The number of nitro groups is 1. The highest BCUT2D eigenvalue weighted by Crippen LogP contribution is 2.40. The standard InChI is InChI=1S/C14H16F3N3O3/c1-19-6-4-9(5-7-19)10-2-3-11(20(21)22)12(18)13(10)23-8-14(15,16)17/h2-4H,5-8,18H2,1H3. The van der Waals surface area contributed by atoms with E-state index in [1.807, 2.05) is 18.0 Å². The van der Waals surface area contributed by atoms with Crippen LogP contribution >= 0.6 is 0 Å². The third-order valence-corrected chi connectivity index (χ3v) is 3.51. The smallest absolute Gasteiger partial charge is 0.422 e. The Kier molecular flexibility index (Phi) is 4.79. The Morgan fingerprint density at radius 1 is 1.43 bits per heavy atom. The minimum Gasteiger partial charge on any atom is -0.481 e. The van der Waals surface area contributed by atoms with Crippen LogP contribution < -0.4 is 10.5 Å². The SMILES string of the molecule is CN1CC=C(c2ccc([N+](=O)[O-])c(N)c2OCC(F)(F)F)CC1. The van der Waals surface area contributed by atoms with E-state index in [-0.39, 0.29) is 5.75 Å². The fraction of sp³-hybridized carbons (Fsp3) is 0.429. The van der Waals surface area contributed by atoms with Crippen LogP contribution in [0.3, 0.4) is 0 Å². The maximum absolute atomic E-state index is 12.4. The number of hydrogen-bond donors (Lipinski definition) is 1. The number of rotatable bonds is 4. The number of nitrogens with zero attached hydrogens (tertiary/aromatic N) is 2. The third kappa shape index (κ3) is 4.13. The summed E-state index contributed by atoms with van der Waals surface area (Å²) in [5.41, 5.74) is 5.94. The zero-order valence-electron chi connectivity index (χ0n) is 12.4. The summed E-state index contributed by atoms with van der Waals surface area (Å²) >= 11 is 0. The fourth-order valence-electron chi connectivity index (χ4n) is 2.33. The fourth-order valence-corrected chi connectivity index (χ4v) is 2.33. The lowest BCUT2D eigenvalue weighted by molar-refractivity contribution is -0.384. The second kappa shape index (κ2) is 6.45. The lowest BCUT2D eigenvalue weighted by Crippen LogP contribution is -2.24. The number of anilines is 1. The molecule has 2 N–H and O–H groups in total. The van der Waals surface area contributed by atoms with Crippen molar-refractivity contribution >= 4 is 16.9 Å². The molecule has 0 fully saturated rings. The number of nitro benzene ring substituents is 1. The van der Waals surface area contributed by atoms with E-state index >= 15 is 0 Å². The predicted octanol–water partition coefficient (Wildman–Crippen LogP) is 2.84. The minimum atomic E-state index is -4.56. The van der Waals surface area contributed by atoms with E-state index in [0.29, 0.717) is 18.5 Å². The van der Waals surface area contributed by atoms with Crippen LogP contribution in [-0.2, 0) is 0 Å². The maximum Gasteiger partial charge on any atom is 0.422 e. The van der Waals surface area contributed by atoms with Gasteiger partial charge < -0.3 is 15.4 Å². The Balaban J connectivity index is 2.44. The number of halogens is 3. The van der Waals surface area contributed by atoms with Gasteiger partial charge in [-0.3, -0.25) is 10.1 Å². The molecule has 0 saturated carbocycles. The van der Waals surface area contributed by atoms with Crippen LogP contribution in [0.15, 0.2) is 18.2 Å². The molecule has 0 unspecified atom stereocenters. The van der Waals surface area contributed by atoms with Gasteiger partial charge in [-0.25, -0.2) is 0 Å². The second-order valence-corrected chi connectivity index (χ2v) is 5.28. The molecule has 0 saturated heterocycles.